The van der Waals surface area contributed by atoms with Gasteiger partial charge in [0.25, 0.3) is 0 Å². The third-order valence-corrected chi connectivity index (χ3v) is 2.80. The Morgan fingerprint density at radius 1 is 1.23 bits per heavy atom. The van der Waals surface area contributed by atoms with E-state index in [1.807, 2.05) is 0 Å². The Balaban J connectivity index is 0.00000441. The summed E-state index contributed by atoms with van der Waals surface area (Å²) in [6, 6.07) is 2.21. The molecule has 0 aliphatic heterocycles. The Kier molecular flexibility index (Phi) is 9.28. The molecule has 1 unspecified atom stereocenters. The summed E-state index contributed by atoms with van der Waals surface area (Å²) < 4.78 is 26.7. The molecular weight excluding hydrogens is 316 g/mol. The van der Waals surface area contributed by atoms with Gasteiger partial charge in [-0.2, -0.15) is 0 Å². The van der Waals surface area contributed by atoms with Gasteiger partial charge in [-0.15, -0.1) is 12.4 Å². The van der Waals surface area contributed by atoms with Crippen molar-refractivity contribution in [3.63, 3.8) is 0 Å². The maximum atomic E-state index is 13.8. The van der Waals surface area contributed by atoms with Crippen molar-refractivity contribution >= 4 is 24.2 Å². The summed E-state index contributed by atoms with van der Waals surface area (Å²) in [6.45, 7) is 2.29. The molecule has 0 saturated heterocycles. The predicted octanol–water partition coefficient (Wildman–Crippen LogP) is 1.29. The second-order valence-electron chi connectivity index (χ2n) is 4.58. The van der Waals surface area contributed by atoms with Gasteiger partial charge in [-0.25, -0.2) is 8.78 Å². The van der Waals surface area contributed by atoms with Crippen molar-refractivity contribution in [1.82, 2.24) is 16.0 Å². The van der Waals surface area contributed by atoms with Crippen LogP contribution in [-0.4, -0.2) is 32.0 Å². The number of benzene rings is 1. The highest BCUT2D eigenvalue weighted by molar-refractivity contribution is 5.85. The molecule has 0 aromatic heterocycles. The van der Waals surface area contributed by atoms with Crippen molar-refractivity contribution in [1.29, 1.82) is 0 Å². The summed E-state index contributed by atoms with van der Waals surface area (Å²) in [4.78, 5) is 23.0. The maximum absolute atomic E-state index is 13.8. The topological polar surface area (TPSA) is 70.2 Å². The van der Waals surface area contributed by atoms with E-state index in [9.17, 15) is 18.4 Å². The smallest absolute Gasteiger partial charge is 0.222 e. The molecule has 22 heavy (non-hydrogen) atoms. The van der Waals surface area contributed by atoms with Gasteiger partial charge >= 0.3 is 0 Å². The number of nitrogens with one attached hydrogen (secondary N) is 3. The number of carbonyl (C=O) groups excluding carboxylic acids is 2. The molecule has 2 amide bonds. The lowest BCUT2D eigenvalue weighted by molar-refractivity contribution is -0.122. The Morgan fingerprint density at radius 3 is 2.45 bits per heavy atom. The first-order valence-electron chi connectivity index (χ1n) is 6.57. The minimum absolute atomic E-state index is 0. The first kappa shape index (κ1) is 20.3. The summed E-state index contributed by atoms with van der Waals surface area (Å²) in [5.41, 5.74) is 0.0790. The average Bonchev–Trinajstić information content (AvgIpc) is 2.37. The Bertz CT molecular complexity index is 515. The summed E-state index contributed by atoms with van der Waals surface area (Å²) >= 11 is 0. The van der Waals surface area contributed by atoms with Crippen LogP contribution in [0.1, 0.15) is 24.9 Å². The van der Waals surface area contributed by atoms with Gasteiger partial charge in [-0.1, -0.05) is 6.07 Å². The van der Waals surface area contributed by atoms with Crippen LogP contribution < -0.4 is 16.0 Å². The van der Waals surface area contributed by atoms with Gasteiger partial charge < -0.3 is 16.0 Å². The van der Waals surface area contributed by atoms with Crippen LogP contribution in [0.15, 0.2) is 18.2 Å². The summed E-state index contributed by atoms with van der Waals surface area (Å²) in [6.07, 6.45) is -0.119. The third kappa shape index (κ3) is 6.82. The lowest BCUT2D eigenvalue weighted by Gasteiger charge is -2.18. The molecule has 1 aromatic rings. The number of hydrogen-bond acceptors (Lipinski definition) is 3. The van der Waals surface area contributed by atoms with Crippen molar-refractivity contribution in [2.75, 3.05) is 20.1 Å². The lowest BCUT2D eigenvalue weighted by Crippen LogP contribution is -2.35. The van der Waals surface area contributed by atoms with Gasteiger partial charge in [0.2, 0.25) is 11.8 Å². The SMILES string of the molecule is CNCCNC(=O)CC(NC(C)=O)c1ccc(F)cc1F.Cl. The van der Waals surface area contributed by atoms with Crippen LogP contribution in [0, 0.1) is 11.6 Å². The summed E-state index contributed by atoms with van der Waals surface area (Å²) in [5, 5.41) is 8.01. The normalized spacial score (nSPS) is 11.3. The second kappa shape index (κ2) is 10.1. The first-order valence-corrected chi connectivity index (χ1v) is 6.57. The number of carbonyl (C=O) groups is 2. The van der Waals surface area contributed by atoms with Crippen molar-refractivity contribution in [2.45, 2.75) is 19.4 Å². The molecule has 1 aromatic carbocycles. The molecule has 0 saturated carbocycles. The van der Waals surface area contributed by atoms with Gasteiger partial charge in [0.15, 0.2) is 0 Å². The van der Waals surface area contributed by atoms with E-state index in [0.717, 1.165) is 12.1 Å². The van der Waals surface area contributed by atoms with E-state index in [-0.39, 0.29) is 30.3 Å². The highest BCUT2D eigenvalue weighted by atomic mass is 35.5. The maximum Gasteiger partial charge on any atom is 0.222 e. The fourth-order valence-corrected chi connectivity index (χ4v) is 1.85. The minimum atomic E-state index is -0.835. The zero-order valence-electron chi connectivity index (χ0n) is 12.4. The number of likely N-dealkylation sites (N-methyl/N-ethyl adjacent to an activating group) is 1. The lowest BCUT2D eigenvalue weighted by atomic mass is 10.0. The van der Waals surface area contributed by atoms with Crippen LogP contribution in [0.5, 0.6) is 0 Å². The molecule has 1 atom stereocenters. The average molecular weight is 336 g/mol. The molecule has 0 spiro atoms. The molecule has 0 aliphatic rings. The molecule has 5 nitrogen and oxygen atoms in total. The minimum Gasteiger partial charge on any atom is -0.355 e. The van der Waals surface area contributed by atoms with Gasteiger partial charge in [-0.05, 0) is 13.1 Å². The molecule has 124 valence electrons. The van der Waals surface area contributed by atoms with Crippen LogP contribution >= 0.6 is 12.4 Å². The van der Waals surface area contributed by atoms with E-state index in [0.29, 0.717) is 13.1 Å². The molecule has 1 rings (SSSR count). The van der Waals surface area contributed by atoms with Gasteiger partial charge in [0.1, 0.15) is 11.6 Å². The molecule has 8 heteroatoms. The molecule has 0 radical (unpaired) electrons. The zero-order valence-corrected chi connectivity index (χ0v) is 13.2. The van der Waals surface area contributed by atoms with E-state index in [1.165, 1.54) is 13.0 Å². The molecule has 0 heterocycles. The highest BCUT2D eigenvalue weighted by Crippen LogP contribution is 2.21. The third-order valence-electron chi connectivity index (χ3n) is 2.80. The Labute approximate surface area is 134 Å². The predicted molar refractivity (Wildman–Crippen MR) is 81.7 cm³/mol. The second-order valence-corrected chi connectivity index (χ2v) is 4.58. The summed E-state index contributed by atoms with van der Waals surface area (Å²) in [5.74, 6) is -2.23. The highest BCUT2D eigenvalue weighted by Gasteiger charge is 2.20. The van der Waals surface area contributed by atoms with Crippen LogP contribution in [0.3, 0.4) is 0 Å². The molecular formula is C14H20ClF2N3O2. The van der Waals surface area contributed by atoms with Crippen molar-refractivity contribution in [2.24, 2.45) is 0 Å². The van der Waals surface area contributed by atoms with E-state index in [1.54, 1.807) is 7.05 Å². The summed E-state index contributed by atoms with van der Waals surface area (Å²) in [7, 11) is 1.75. The fraction of sp³-hybridized carbons (Fsp3) is 0.429. The number of hydrogen-bond donors (Lipinski definition) is 3. The van der Waals surface area contributed by atoms with Crippen molar-refractivity contribution in [3.8, 4) is 0 Å². The number of halogens is 3. The van der Waals surface area contributed by atoms with Crippen molar-refractivity contribution in [3.05, 3.63) is 35.4 Å². The van der Waals surface area contributed by atoms with Gasteiger partial charge in [0.05, 0.1) is 12.5 Å². The first-order chi connectivity index (χ1) is 9.93. The van der Waals surface area contributed by atoms with E-state index < -0.39 is 23.6 Å². The quantitative estimate of drug-likeness (QED) is 0.658. The van der Waals surface area contributed by atoms with E-state index >= 15 is 0 Å². The van der Waals surface area contributed by atoms with Crippen LogP contribution in [0.2, 0.25) is 0 Å². The Morgan fingerprint density at radius 2 is 1.91 bits per heavy atom. The Hall–Kier alpha value is -1.73. The fourth-order valence-electron chi connectivity index (χ4n) is 1.85. The number of rotatable bonds is 7. The molecule has 0 fully saturated rings. The number of amides is 2. The standard InChI is InChI=1S/C14H19F2N3O2.ClH/c1-9(20)19-13(8-14(21)18-6-5-17-2)11-4-3-10(15)7-12(11)16;/h3-4,7,13,17H,5-6,8H2,1-2H3,(H,18,21)(H,19,20);1H. The van der Waals surface area contributed by atoms with Gasteiger partial charge in [0, 0.05) is 31.6 Å². The largest absolute Gasteiger partial charge is 0.355 e. The monoisotopic (exact) mass is 335 g/mol. The van der Waals surface area contributed by atoms with Crippen LogP contribution in [-0.2, 0) is 9.59 Å². The van der Waals surface area contributed by atoms with Crippen LogP contribution in [0.4, 0.5) is 8.78 Å². The molecule has 3 N–H and O–H groups in total. The van der Waals surface area contributed by atoms with E-state index in [2.05, 4.69) is 16.0 Å². The molecule has 0 bridgehead atoms. The zero-order chi connectivity index (χ0) is 15.8. The van der Waals surface area contributed by atoms with Crippen molar-refractivity contribution < 1.29 is 18.4 Å². The molecule has 0 aliphatic carbocycles. The van der Waals surface area contributed by atoms with Gasteiger partial charge in [-0.3, -0.25) is 9.59 Å². The van der Waals surface area contributed by atoms with E-state index in [4.69, 9.17) is 0 Å². The van der Waals surface area contributed by atoms with Crippen LogP contribution in [0.25, 0.3) is 0 Å².